The van der Waals surface area contributed by atoms with E-state index in [4.69, 9.17) is 19.4 Å². The first kappa shape index (κ1) is 32.9. The van der Waals surface area contributed by atoms with E-state index in [2.05, 4.69) is 168 Å². The second-order valence-corrected chi connectivity index (χ2v) is 15.6. The van der Waals surface area contributed by atoms with E-state index in [0.717, 1.165) is 71.5 Å². The molecule has 60 heavy (non-hydrogen) atoms. The third kappa shape index (κ3) is 4.96. The van der Waals surface area contributed by atoms with E-state index in [1.165, 1.54) is 37.7 Å². The SMILES string of the molecule is c1ccc(-c2nc(-c3ccc4c(ccc5ccccc54)c3)nc(-c3cc4oc5ccccc5c4c4cc(-n5c6ccccc6c6cc7ccccc7cc65)ccc34)n2)cc1. The number of hydrogen-bond acceptors (Lipinski definition) is 4. The number of furan rings is 1. The average Bonchev–Trinajstić information content (AvgIpc) is 3.85. The van der Waals surface area contributed by atoms with Crippen LogP contribution in [-0.4, -0.2) is 19.5 Å². The fourth-order valence-corrected chi connectivity index (χ4v) is 9.38. The predicted octanol–water partition coefficient (Wildman–Crippen LogP) is 14.5. The van der Waals surface area contributed by atoms with Gasteiger partial charge in [0.05, 0.1) is 11.0 Å². The summed E-state index contributed by atoms with van der Waals surface area (Å²) in [5.74, 6) is 1.81. The molecule has 0 aliphatic carbocycles. The van der Waals surface area contributed by atoms with Crippen LogP contribution in [0.25, 0.3) is 127 Å². The summed E-state index contributed by atoms with van der Waals surface area (Å²) in [5.41, 5.74) is 7.73. The van der Waals surface area contributed by atoms with Crippen molar-refractivity contribution in [3.63, 3.8) is 0 Å². The molecule has 278 valence electrons. The molecule has 5 nitrogen and oxygen atoms in total. The number of rotatable bonds is 4. The molecule has 0 amide bonds. The van der Waals surface area contributed by atoms with Crippen molar-refractivity contribution in [3.8, 4) is 39.9 Å². The monoisotopic (exact) mass is 764 g/mol. The van der Waals surface area contributed by atoms with Gasteiger partial charge in [-0.3, -0.25) is 0 Å². The van der Waals surface area contributed by atoms with Crippen LogP contribution in [-0.2, 0) is 0 Å². The molecule has 3 heterocycles. The van der Waals surface area contributed by atoms with Crippen LogP contribution in [0.15, 0.2) is 199 Å². The number of benzene rings is 10. The predicted molar refractivity (Wildman–Crippen MR) is 248 cm³/mol. The van der Waals surface area contributed by atoms with Crippen molar-refractivity contribution in [1.82, 2.24) is 19.5 Å². The molecule has 0 aliphatic heterocycles. The first-order valence-electron chi connectivity index (χ1n) is 20.3. The summed E-state index contributed by atoms with van der Waals surface area (Å²) in [7, 11) is 0. The van der Waals surface area contributed by atoms with Gasteiger partial charge in [0, 0.05) is 43.9 Å². The molecule has 3 aromatic heterocycles. The number of hydrogen-bond donors (Lipinski definition) is 0. The summed E-state index contributed by atoms with van der Waals surface area (Å²) in [5, 5.41) is 13.9. The summed E-state index contributed by atoms with van der Waals surface area (Å²) in [6.07, 6.45) is 0. The van der Waals surface area contributed by atoms with Crippen molar-refractivity contribution < 1.29 is 4.42 Å². The fraction of sp³-hybridized carbons (Fsp3) is 0. The summed E-state index contributed by atoms with van der Waals surface area (Å²) < 4.78 is 9.07. The maximum absolute atomic E-state index is 6.68. The Hall–Kier alpha value is -8.15. The van der Waals surface area contributed by atoms with E-state index in [0.29, 0.717) is 17.5 Å². The zero-order valence-electron chi connectivity index (χ0n) is 32.2. The molecule has 5 heteroatoms. The van der Waals surface area contributed by atoms with Crippen molar-refractivity contribution in [2.75, 3.05) is 0 Å². The minimum atomic E-state index is 0.584. The lowest BCUT2D eigenvalue weighted by molar-refractivity contribution is 0.669. The highest BCUT2D eigenvalue weighted by molar-refractivity contribution is 6.22. The Kier molecular flexibility index (Phi) is 6.95. The van der Waals surface area contributed by atoms with Crippen LogP contribution >= 0.6 is 0 Å². The minimum Gasteiger partial charge on any atom is -0.456 e. The number of aromatic nitrogens is 4. The van der Waals surface area contributed by atoms with Crippen molar-refractivity contribution in [2.24, 2.45) is 0 Å². The number of nitrogens with zero attached hydrogens (tertiary/aromatic N) is 4. The molecule has 10 aromatic carbocycles. The van der Waals surface area contributed by atoms with Crippen LogP contribution in [0.5, 0.6) is 0 Å². The Morgan fingerprint density at radius 3 is 1.85 bits per heavy atom. The van der Waals surface area contributed by atoms with E-state index < -0.39 is 0 Å². The number of fused-ring (bicyclic) bond motifs is 12. The lowest BCUT2D eigenvalue weighted by Crippen LogP contribution is -2.01. The van der Waals surface area contributed by atoms with E-state index >= 15 is 0 Å². The van der Waals surface area contributed by atoms with E-state index in [9.17, 15) is 0 Å². The lowest BCUT2D eigenvalue weighted by Gasteiger charge is -2.14. The molecule has 0 aliphatic rings. The third-order valence-electron chi connectivity index (χ3n) is 12.2. The van der Waals surface area contributed by atoms with Gasteiger partial charge >= 0.3 is 0 Å². The topological polar surface area (TPSA) is 56.7 Å². The quantitative estimate of drug-likeness (QED) is 0.167. The molecule has 0 N–H and O–H groups in total. The van der Waals surface area contributed by atoms with Crippen molar-refractivity contribution >= 4 is 86.8 Å². The second kappa shape index (κ2) is 12.7. The molecule has 0 radical (unpaired) electrons. The third-order valence-corrected chi connectivity index (χ3v) is 12.2. The molecule has 0 bridgehead atoms. The highest BCUT2D eigenvalue weighted by Gasteiger charge is 2.21. The van der Waals surface area contributed by atoms with E-state index in [1.807, 2.05) is 30.3 Å². The normalized spacial score (nSPS) is 12.0. The Morgan fingerprint density at radius 2 is 0.983 bits per heavy atom. The van der Waals surface area contributed by atoms with Gasteiger partial charge in [-0.15, -0.1) is 0 Å². The molecule has 0 fully saturated rings. The first-order valence-corrected chi connectivity index (χ1v) is 20.3. The lowest BCUT2D eigenvalue weighted by atomic mass is 9.97. The Morgan fingerprint density at radius 1 is 0.333 bits per heavy atom. The van der Waals surface area contributed by atoms with E-state index in [1.54, 1.807) is 0 Å². The molecule has 13 aromatic rings. The molecule has 0 unspecified atom stereocenters. The molecule has 0 saturated heterocycles. The standard InChI is InChI=1S/C55H32N4O/c1-2-13-34(14-3-1)53-56-54(38-24-26-41-37(28-38)23-22-33-12-6-7-17-40(33)41)58-55(57-53)47-32-51-52(44-19-9-11-21-50(44)60-51)46-31-39(25-27-42(46)47)59-48-20-10-8-18-43(48)45-29-35-15-4-5-16-36(35)30-49(45)59/h1-32H. The van der Waals surface area contributed by atoms with Crippen molar-refractivity contribution in [1.29, 1.82) is 0 Å². The highest BCUT2D eigenvalue weighted by Crippen LogP contribution is 2.42. The Labute approximate surface area is 343 Å². The van der Waals surface area contributed by atoms with Crippen LogP contribution in [0, 0.1) is 0 Å². The summed E-state index contributed by atoms with van der Waals surface area (Å²) in [6, 6.07) is 68.7. The zero-order valence-corrected chi connectivity index (χ0v) is 32.2. The summed E-state index contributed by atoms with van der Waals surface area (Å²) >= 11 is 0. The zero-order chi connectivity index (χ0) is 39.3. The van der Waals surface area contributed by atoms with Crippen LogP contribution in [0.3, 0.4) is 0 Å². The van der Waals surface area contributed by atoms with Gasteiger partial charge in [-0.2, -0.15) is 0 Å². The van der Waals surface area contributed by atoms with Gasteiger partial charge in [-0.25, -0.2) is 15.0 Å². The molecular formula is C55H32N4O. The van der Waals surface area contributed by atoms with Crippen molar-refractivity contribution in [2.45, 2.75) is 0 Å². The minimum absolute atomic E-state index is 0.584. The molecule has 0 atom stereocenters. The van der Waals surface area contributed by atoms with Gasteiger partial charge in [-0.05, 0) is 91.6 Å². The highest BCUT2D eigenvalue weighted by atomic mass is 16.3. The first-order chi connectivity index (χ1) is 29.7. The Bertz CT molecular complexity index is 3900. The molecular weight excluding hydrogens is 733 g/mol. The maximum Gasteiger partial charge on any atom is 0.164 e. The largest absolute Gasteiger partial charge is 0.456 e. The van der Waals surface area contributed by atoms with Gasteiger partial charge in [0.2, 0.25) is 0 Å². The second-order valence-electron chi connectivity index (χ2n) is 15.6. The van der Waals surface area contributed by atoms with Gasteiger partial charge < -0.3 is 8.98 Å². The van der Waals surface area contributed by atoms with Crippen LogP contribution in [0.2, 0.25) is 0 Å². The van der Waals surface area contributed by atoms with Gasteiger partial charge in [0.25, 0.3) is 0 Å². The Balaban J connectivity index is 1.08. The van der Waals surface area contributed by atoms with E-state index in [-0.39, 0.29) is 0 Å². The van der Waals surface area contributed by atoms with Crippen molar-refractivity contribution in [3.05, 3.63) is 194 Å². The summed E-state index contributed by atoms with van der Waals surface area (Å²) in [6.45, 7) is 0. The molecule has 13 rings (SSSR count). The smallest absolute Gasteiger partial charge is 0.164 e. The molecule has 0 saturated carbocycles. The summed E-state index contributed by atoms with van der Waals surface area (Å²) in [4.78, 5) is 15.6. The average molecular weight is 765 g/mol. The van der Waals surface area contributed by atoms with Crippen LogP contribution < -0.4 is 0 Å². The fourth-order valence-electron chi connectivity index (χ4n) is 9.38. The van der Waals surface area contributed by atoms with Gasteiger partial charge in [0.1, 0.15) is 11.2 Å². The van der Waals surface area contributed by atoms with Gasteiger partial charge in [0.15, 0.2) is 17.5 Å². The van der Waals surface area contributed by atoms with Gasteiger partial charge in [-0.1, -0.05) is 146 Å². The molecule has 0 spiro atoms. The maximum atomic E-state index is 6.68. The van der Waals surface area contributed by atoms with Crippen LogP contribution in [0.1, 0.15) is 0 Å². The number of para-hydroxylation sites is 2. The van der Waals surface area contributed by atoms with Crippen LogP contribution in [0.4, 0.5) is 0 Å².